The normalized spacial score (nSPS) is 12.2. The molecule has 0 spiro atoms. The largest absolute Gasteiger partial charge is 0.368 e. The Kier molecular flexibility index (Phi) is 6.54. The number of nitrogens with zero attached hydrogens (tertiary/aromatic N) is 4. The minimum Gasteiger partial charge on any atom is -0.368 e. The molecule has 0 aliphatic rings. The van der Waals surface area contributed by atoms with Crippen LogP contribution in [0.25, 0.3) is 11.2 Å². The van der Waals surface area contributed by atoms with Crippen molar-refractivity contribution in [3.8, 4) is 0 Å². The Labute approximate surface area is 145 Å². The third-order valence-corrected chi connectivity index (χ3v) is 4.06. The Bertz CT molecular complexity index is 641. The van der Waals surface area contributed by atoms with Crippen LogP contribution in [0.4, 0.5) is 5.95 Å². The minimum atomic E-state index is 0.180. The van der Waals surface area contributed by atoms with E-state index in [4.69, 9.17) is 5.73 Å². The molecule has 2 aromatic rings. The van der Waals surface area contributed by atoms with E-state index < -0.39 is 0 Å². The van der Waals surface area contributed by atoms with E-state index in [2.05, 4.69) is 52.5 Å². The maximum atomic E-state index is 5.84. The Morgan fingerprint density at radius 2 is 1.92 bits per heavy atom. The lowest BCUT2D eigenvalue weighted by molar-refractivity contribution is 0.414. The number of imidazole rings is 1. The highest BCUT2D eigenvalue weighted by Gasteiger charge is 2.12. The summed E-state index contributed by atoms with van der Waals surface area (Å²) in [6.07, 6.45) is 8.59. The van der Waals surface area contributed by atoms with Gasteiger partial charge in [-0.2, -0.15) is 4.98 Å². The molecule has 0 aromatic carbocycles. The zero-order valence-electron chi connectivity index (χ0n) is 15.6. The predicted octanol–water partition coefficient (Wildman–Crippen LogP) is 3.31. The molecule has 0 amide bonds. The lowest BCUT2D eigenvalue weighted by atomic mass is 10.1. The van der Waals surface area contributed by atoms with Crippen molar-refractivity contribution in [2.75, 3.05) is 12.3 Å². The summed E-state index contributed by atoms with van der Waals surface area (Å²) in [4.78, 5) is 13.2. The summed E-state index contributed by atoms with van der Waals surface area (Å²) in [5.41, 5.74) is 8.84. The van der Waals surface area contributed by atoms with Crippen molar-refractivity contribution < 1.29 is 0 Å². The summed E-state index contributed by atoms with van der Waals surface area (Å²) in [5.74, 6) is 0.327. The first-order chi connectivity index (χ1) is 11.4. The number of aromatic nitrogens is 4. The lowest BCUT2D eigenvalue weighted by Gasteiger charge is -2.20. The fourth-order valence-electron chi connectivity index (χ4n) is 2.83. The summed E-state index contributed by atoms with van der Waals surface area (Å²) in [6.45, 7) is 10.8. The van der Waals surface area contributed by atoms with Gasteiger partial charge in [0.2, 0.25) is 5.95 Å². The zero-order valence-corrected chi connectivity index (χ0v) is 15.6. The second kappa shape index (κ2) is 8.42. The van der Waals surface area contributed by atoms with Crippen LogP contribution < -0.4 is 11.1 Å². The molecule has 3 N–H and O–H groups in total. The van der Waals surface area contributed by atoms with Crippen LogP contribution in [0.1, 0.15) is 65.5 Å². The molecule has 0 aliphatic heterocycles. The number of hydrogen-bond acceptors (Lipinski definition) is 5. The highest BCUT2D eigenvalue weighted by Crippen LogP contribution is 2.19. The van der Waals surface area contributed by atoms with Crippen molar-refractivity contribution in [1.82, 2.24) is 24.8 Å². The van der Waals surface area contributed by atoms with Gasteiger partial charge in [0.15, 0.2) is 5.65 Å². The Morgan fingerprint density at radius 1 is 1.12 bits per heavy atom. The van der Waals surface area contributed by atoms with Gasteiger partial charge in [-0.3, -0.25) is 0 Å². The molecule has 2 heterocycles. The average molecular weight is 332 g/mol. The van der Waals surface area contributed by atoms with E-state index in [0.717, 1.165) is 55.6 Å². The number of unbranched alkanes of at least 4 members (excludes halogenated alkanes) is 3. The van der Waals surface area contributed by atoms with E-state index in [1.54, 1.807) is 0 Å². The molecule has 24 heavy (non-hydrogen) atoms. The van der Waals surface area contributed by atoms with Gasteiger partial charge in [-0.05, 0) is 53.0 Å². The van der Waals surface area contributed by atoms with Crippen LogP contribution in [0.2, 0.25) is 0 Å². The van der Waals surface area contributed by atoms with Gasteiger partial charge < -0.3 is 15.6 Å². The molecular formula is C18H32N6. The number of aryl methyl sites for hydroxylation is 2. The van der Waals surface area contributed by atoms with E-state index in [1.165, 1.54) is 12.8 Å². The molecule has 6 heteroatoms. The van der Waals surface area contributed by atoms with Gasteiger partial charge in [-0.1, -0.05) is 19.8 Å². The van der Waals surface area contributed by atoms with Crippen LogP contribution in [-0.4, -0.2) is 31.6 Å². The molecule has 0 unspecified atom stereocenters. The highest BCUT2D eigenvalue weighted by molar-refractivity contribution is 5.74. The highest BCUT2D eigenvalue weighted by atomic mass is 15.1. The third-order valence-electron chi connectivity index (χ3n) is 4.06. The van der Waals surface area contributed by atoms with Crippen LogP contribution in [-0.2, 0) is 13.0 Å². The number of hydrogen-bond donors (Lipinski definition) is 2. The van der Waals surface area contributed by atoms with Crippen LogP contribution >= 0.6 is 0 Å². The van der Waals surface area contributed by atoms with Crippen LogP contribution in [0, 0.1) is 0 Å². The minimum absolute atomic E-state index is 0.180. The molecular weight excluding hydrogens is 300 g/mol. The molecule has 2 aromatic heterocycles. The Balaban J connectivity index is 2.02. The van der Waals surface area contributed by atoms with Gasteiger partial charge >= 0.3 is 0 Å². The van der Waals surface area contributed by atoms with E-state index in [1.807, 2.05) is 6.33 Å². The molecule has 134 valence electrons. The van der Waals surface area contributed by atoms with Crippen LogP contribution in [0.5, 0.6) is 0 Å². The van der Waals surface area contributed by atoms with Gasteiger partial charge in [-0.25, -0.2) is 9.97 Å². The summed E-state index contributed by atoms with van der Waals surface area (Å²) in [7, 11) is 0. The molecule has 2 rings (SSSR count). The van der Waals surface area contributed by atoms with Crippen molar-refractivity contribution in [2.24, 2.45) is 0 Å². The molecule has 0 fully saturated rings. The molecule has 0 radical (unpaired) electrons. The summed E-state index contributed by atoms with van der Waals surface area (Å²) in [6, 6.07) is 0. The van der Waals surface area contributed by atoms with Gasteiger partial charge in [0, 0.05) is 12.1 Å². The Hall–Kier alpha value is -1.69. The van der Waals surface area contributed by atoms with E-state index in [-0.39, 0.29) is 5.54 Å². The van der Waals surface area contributed by atoms with Gasteiger partial charge in [0.25, 0.3) is 0 Å². The average Bonchev–Trinajstić information content (AvgIpc) is 2.89. The van der Waals surface area contributed by atoms with E-state index in [9.17, 15) is 0 Å². The van der Waals surface area contributed by atoms with E-state index in [0.29, 0.717) is 5.95 Å². The first-order valence-electron chi connectivity index (χ1n) is 9.13. The SMILES string of the molecule is CCCCCc1nc(N)nc2ncn(CCCCNC(C)(C)C)c12. The molecule has 0 saturated heterocycles. The number of fused-ring (bicyclic) bond motifs is 1. The van der Waals surface area contributed by atoms with Crippen LogP contribution in [0.15, 0.2) is 6.33 Å². The number of rotatable bonds is 9. The monoisotopic (exact) mass is 332 g/mol. The molecule has 6 nitrogen and oxygen atoms in total. The number of nitrogen functional groups attached to an aromatic ring is 1. The smallest absolute Gasteiger partial charge is 0.222 e. The number of nitrogens with two attached hydrogens (primary N) is 1. The molecule has 0 atom stereocenters. The fourth-order valence-corrected chi connectivity index (χ4v) is 2.83. The maximum Gasteiger partial charge on any atom is 0.222 e. The second-order valence-electron chi connectivity index (χ2n) is 7.48. The molecule has 0 aliphatic carbocycles. The van der Waals surface area contributed by atoms with E-state index >= 15 is 0 Å². The number of anilines is 1. The van der Waals surface area contributed by atoms with Crippen molar-refractivity contribution in [2.45, 2.75) is 78.3 Å². The van der Waals surface area contributed by atoms with Gasteiger partial charge in [-0.15, -0.1) is 0 Å². The summed E-state index contributed by atoms with van der Waals surface area (Å²) >= 11 is 0. The van der Waals surface area contributed by atoms with Crippen molar-refractivity contribution >= 4 is 17.1 Å². The lowest BCUT2D eigenvalue weighted by Crippen LogP contribution is -2.36. The van der Waals surface area contributed by atoms with Crippen molar-refractivity contribution in [1.29, 1.82) is 0 Å². The first kappa shape index (κ1) is 18.6. The Morgan fingerprint density at radius 3 is 2.62 bits per heavy atom. The van der Waals surface area contributed by atoms with Crippen molar-refractivity contribution in [3.05, 3.63) is 12.0 Å². The topological polar surface area (TPSA) is 81.7 Å². The maximum absolute atomic E-state index is 5.84. The zero-order chi connectivity index (χ0) is 17.6. The second-order valence-corrected chi connectivity index (χ2v) is 7.48. The van der Waals surface area contributed by atoms with Crippen molar-refractivity contribution in [3.63, 3.8) is 0 Å². The number of nitrogens with one attached hydrogen (secondary N) is 1. The summed E-state index contributed by atoms with van der Waals surface area (Å²) in [5, 5.41) is 3.53. The predicted molar refractivity (Wildman–Crippen MR) is 100.0 cm³/mol. The van der Waals surface area contributed by atoms with Crippen LogP contribution in [0.3, 0.4) is 0 Å². The van der Waals surface area contributed by atoms with Gasteiger partial charge in [0.05, 0.1) is 12.0 Å². The summed E-state index contributed by atoms with van der Waals surface area (Å²) < 4.78 is 2.19. The van der Waals surface area contributed by atoms with Gasteiger partial charge in [0.1, 0.15) is 5.52 Å². The first-order valence-corrected chi connectivity index (χ1v) is 9.13. The fraction of sp³-hybridized carbons (Fsp3) is 0.722. The molecule has 0 saturated carbocycles. The standard InChI is InChI=1S/C18H32N6/c1-5-6-7-10-14-15-16(23-17(19)22-14)20-13-24(15)12-9-8-11-21-18(2,3)4/h13,21H,5-12H2,1-4H3,(H2,19,22,23). The quantitative estimate of drug-likeness (QED) is 0.689. The molecule has 0 bridgehead atoms. The third kappa shape index (κ3) is 5.44.